The number of hydrogen-bond acceptors (Lipinski definition) is 4. The van der Waals surface area contributed by atoms with E-state index < -0.39 is 8.25 Å². The first kappa shape index (κ1) is 8.75. The minimum absolute atomic E-state index is 0.133. The molecule has 2 heterocycles. The molecule has 1 aromatic heterocycles. The van der Waals surface area contributed by atoms with Crippen molar-refractivity contribution < 1.29 is 13.6 Å². The standard InChI is InChI=1S/C8H9NO3P/c10-13-11-5-3-8(12-13)7-2-1-4-9-6-7/h1-2,4,6,8H,3,5H2/q+1. The fourth-order valence-electron chi connectivity index (χ4n) is 1.22. The lowest BCUT2D eigenvalue weighted by Gasteiger charge is -2.11. The molecule has 0 N–H and O–H groups in total. The first-order chi connectivity index (χ1) is 6.36. The Morgan fingerprint density at radius 2 is 2.54 bits per heavy atom. The van der Waals surface area contributed by atoms with Gasteiger partial charge in [-0.25, -0.2) is 0 Å². The molecule has 0 bridgehead atoms. The minimum atomic E-state index is -1.93. The van der Waals surface area contributed by atoms with E-state index in [2.05, 4.69) is 4.98 Å². The number of hydrogen-bond donors (Lipinski definition) is 0. The van der Waals surface area contributed by atoms with Crippen molar-refractivity contribution in [2.75, 3.05) is 6.61 Å². The molecule has 1 aromatic rings. The maximum Gasteiger partial charge on any atom is 0.698 e. The highest BCUT2D eigenvalue weighted by Gasteiger charge is 2.34. The number of aromatic nitrogens is 1. The monoisotopic (exact) mass is 198 g/mol. The molecule has 0 radical (unpaired) electrons. The van der Waals surface area contributed by atoms with Crippen molar-refractivity contribution in [3.63, 3.8) is 0 Å². The van der Waals surface area contributed by atoms with Crippen LogP contribution in [0.1, 0.15) is 18.1 Å². The van der Waals surface area contributed by atoms with Crippen LogP contribution in [0.3, 0.4) is 0 Å². The first-order valence-corrected chi connectivity index (χ1v) is 5.12. The molecule has 0 aromatic carbocycles. The van der Waals surface area contributed by atoms with Gasteiger partial charge in [-0.2, -0.15) is 0 Å². The van der Waals surface area contributed by atoms with Crippen molar-refractivity contribution >= 4 is 8.25 Å². The van der Waals surface area contributed by atoms with E-state index in [0.29, 0.717) is 6.61 Å². The molecule has 0 amide bonds. The summed E-state index contributed by atoms with van der Waals surface area (Å²) in [4.78, 5) is 3.97. The largest absolute Gasteiger partial charge is 0.698 e. The second-order valence-electron chi connectivity index (χ2n) is 2.73. The summed E-state index contributed by atoms with van der Waals surface area (Å²) in [5.74, 6) is 0. The zero-order valence-electron chi connectivity index (χ0n) is 6.92. The summed E-state index contributed by atoms with van der Waals surface area (Å²) < 4.78 is 20.8. The van der Waals surface area contributed by atoms with E-state index in [9.17, 15) is 4.57 Å². The van der Waals surface area contributed by atoms with Crippen LogP contribution in [0, 0.1) is 0 Å². The normalized spacial score (nSPS) is 25.8. The van der Waals surface area contributed by atoms with Crippen LogP contribution in [-0.2, 0) is 13.6 Å². The van der Waals surface area contributed by atoms with Gasteiger partial charge in [0, 0.05) is 28.9 Å². The van der Waals surface area contributed by atoms with Crippen LogP contribution in [0.2, 0.25) is 0 Å². The molecule has 0 spiro atoms. The third-order valence-electron chi connectivity index (χ3n) is 1.85. The Morgan fingerprint density at radius 3 is 3.23 bits per heavy atom. The Kier molecular flexibility index (Phi) is 2.64. The Bertz CT molecular complexity index is 304. The first-order valence-electron chi connectivity index (χ1n) is 4.03. The second-order valence-corrected chi connectivity index (χ2v) is 3.64. The number of pyridine rings is 1. The predicted octanol–water partition coefficient (Wildman–Crippen LogP) is 2.22. The third-order valence-corrected chi connectivity index (χ3v) is 2.67. The summed E-state index contributed by atoms with van der Waals surface area (Å²) in [6.07, 6.45) is 4.01. The maximum absolute atomic E-state index is 10.9. The van der Waals surface area contributed by atoms with Crippen molar-refractivity contribution in [2.45, 2.75) is 12.5 Å². The van der Waals surface area contributed by atoms with Gasteiger partial charge in [0.1, 0.15) is 12.7 Å². The molecule has 1 fully saturated rings. The van der Waals surface area contributed by atoms with Crippen molar-refractivity contribution in [1.29, 1.82) is 0 Å². The summed E-state index contributed by atoms with van der Waals surface area (Å²) in [5.41, 5.74) is 0.953. The summed E-state index contributed by atoms with van der Waals surface area (Å²) in [6.45, 7) is 0.481. The lowest BCUT2D eigenvalue weighted by atomic mass is 10.1. The van der Waals surface area contributed by atoms with E-state index in [-0.39, 0.29) is 6.10 Å². The van der Waals surface area contributed by atoms with Gasteiger partial charge in [0.15, 0.2) is 0 Å². The van der Waals surface area contributed by atoms with E-state index >= 15 is 0 Å². The fourth-order valence-corrected chi connectivity index (χ4v) is 1.97. The quantitative estimate of drug-likeness (QED) is 0.649. The van der Waals surface area contributed by atoms with Gasteiger partial charge in [-0.15, -0.1) is 9.05 Å². The fraction of sp³-hybridized carbons (Fsp3) is 0.375. The van der Waals surface area contributed by atoms with Crippen LogP contribution < -0.4 is 0 Å². The van der Waals surface area contributed by atoms with E-state index in [1.807, 2.05) is 12.1 Å². The van der Waals surface area contributed by atoms with Crippen LogP contribution in [-0.4, -0.2) is 11.6 Å². The SMILES string of the molecule is O=[P+]1OCCC(c2cccnc2)O1. The molecular weight excluding hydrogens is 189 g/mol. The Hall–Kier alpha value is -0.830. The zero-order chi connectivity index (χ0) is 9.10. The summed E-state index contributed by atoms with van der Waals surface area (Å²) >= 11 is 0. The summed E-state index contributed by atoms with van der Waals surface area (Å²) in [7, 11) is -1.93. The molecule has 2 atom stereocenters. The van der Waals surface area contributed by atoms with Gasteiger partial charge >= 0.3 is 8.25 Å². The lowest BCUT2D eigenvalue weighted by molar-refractivity contribution is 0.0966. The summed E-state index contributed by atoms with van der Waals surface area (Å²) in [5, 5.41) is 0. The smallest absolute Gasteiger partial charge is 0.264 e. The highest BCUT2D eigenvalue weighted by molar-refractivity contribution is 7.33. The Morgan fingerprint density at radius 1 is 1.62 bits per heavy atom. The molecule has 68 valence electrons. The molecule has 0 aliphatic carbocycles. The highest BCUT2D eigenvalue weighted by Crippen LogP contribution is 2.39. The average molecular weight is 198 g/mol. The van der Waals surface area contributed by atoms with Gasteiger partial charge in [-0.1, -0.05) is 6.07 Å². The van der Waals surface area contributed by atoms with Gasteiger partial charge in [-0.3, -0.25) is 4.98 Å². The molecule has 13 heavy (non-hydrogen) atoms. The predicted molar refractivity (Wildman–Crippen MR) is 46.2 cm³/mol. The maximum atomic E-state index is 10.9. The molecular formula is C8H9NO3P+. The van der Waals surface area contributed by atoms with E-state index in [1.165, 1.54) is 0 Å². The van der Waals surface area contributed by atoms with Gasteiger partial charge < -0.3 is 0 Å². The van der Waals surface area contributed by atoms with Crippen LogP contribution in [0.4, 0.5) is 0 Å². The van der Waals surface area contributed by atoms with Gasteiger partial charge in [-0.05, 0) is 6.07 Å². The molecule has 2 unspecified atom stereocenters. The average Bonchev–Trinajstić information content (AvgIpc) is 2.19. The number of rotatable bonds is 1. The van der Waals surface area contributed by atoms with Gasteiger partial charge in [0.25, 0.3) is 0 Å². The van der Waals surface area contributed by atoms with E-state index in [1.54, 1.807) is 12.4 Å². The molecule has 1 aliphatic heterocycles. The Labute approximate surface area is 76.8 Å². The molecule has 1 aliphatic rings. The minimum Gasteiger partial charge on any atom is -0.264 e. The Balaban J connectivity index is 2.13. The molecule has 2 rings (SSSR count). The van der Waals surface area contributed by atoms with Crippen molar-refractivity contribution in [1.82, 2.24) is 4.98 Å². The molecule has 1 saturated heterocycles. The highest BCUT2D eigenvalue weighted by atomic mass is 31.1. The van der Waals surface area contributed by atoms with Crippen molar-refractivity contribution in [3.8, 4) is 0 Å². The lowest BCUT2D eigenvalue weighted by Crippen LogP contribution is -2.09. The van der Waals surface area contributed by atoms with Crippen LogP contribution in [0.15, 0.2) is 24.5 Å². The molecule has 5 heteroatoms. The van der Waals surface area contributed by atoms with E-state index in [0.717, 1.165) is 12.0 Å². The molecule has 0 saturated carbocycles. The van der Waals surface area contributed by atoms with Crippen molar-refractivity contribution in [2.24, 2.45) is 0 Å². The zero-order valence-corrected chi connectivity index (χ0v) is 7.81. The topological polar surface area (TPSA) is 48.4 Å². The summed E-state index contributed by atoms with van der Waals surface area (Å²) in [6, 6.07) is 3.74. The molecule has 4 nitrogen and oxygen atoms in total. The van der Waals surface area contributed by atoms with Crippen molar-refractivity contribution in [3.05, 3.63) is 30.1 Å². The number of nitrogens with zero attached hydrogens (tertiary/aromatic N) is 1. The van der Waals surface area contributed by atoms with Crippen LogP contribution >= 0.6 is 8.25 Å². The van der Waals surface area contributed by atoms with Crippen LogP contribution in [0.25, 0.3) is 0 Å². The third kappa shape index (κ3) is 2.10. The van der Waals surface area contributed by atoms with Crippen LogP contribution in [0.5, 0.6) is 0 Å². The van der Waals surface area contributed by atoms with Gasteiger partial charge in [0.05, 0.1) is 0 Å². The van der Waals surface area contributed by atoms with Gasteiger partial charge in [0.2, 0.25) is 0 Å². The van der Waals surface area contributed by atoms with E-state index in [4.69, 9.17) is 9.05 Å². The second kappa shape index (κ2) is 3.92.